The van der Waals surface area contributed by atoms with Gasteiger partial charge in [-0.2, -0.15) is 0 Å². The van der Waals surface area contributed by atoms with Gasteiger partial charge in [0.25, 0.3) is 0 Å². The SMILES string of the molecule is CCS(=O)(=O)N(c1cc(C)cc(C)c1)C(C)C(=O)Cl. The lowest BCUT2D eigenvalue weighted by molar-refractivity contribution is -0.112. The summed E-state index contributed by atoms with van der Waals surface area (Å²) < 4.78 is 25.5. The molecule has 1 rings (SSSR count). The highest BCUT2D eigenvalue weighted by molar-refractivity contribution is 7.92. The molecule has 0 spiro atoms. The first-order valence-corrected chi connectivity index (χ1v) is 7.97. The third-order valence-electron chi connectivity index (χ3n) is 2.81. The van der Waals surface area contributed by atoms with Gasteiger partial charge >= 0.3 is 0 Å². The Hall–Kier alpha value is -1.07. The molecule has 0 saturated heterocycles. The topological polar surface area (TPSA) is 54.5 Å². The first kappa shape index (κ1) is 16.0. The van der Waals surface area contributed by atoms with Gasteiger partial charge in [0.15, 0.2) is 0 Å². The highest BCUT2D eigenvalue weighted by atomic mass is 35.5. The van der Waals surface area contributed by atoms with E-state index >= 15 is 0 Å². The summed E-state index contributed by atoms with van der Waals surface area (Å²) in [4.78, 5) is 11.4. The van der Waals surface area contributed by atoms with Crippen LogP contribution in [0.2, 0.25) is 0 Å². The molecular weight excluding hydrogens is 286 g/mol. The summed E-state index contributed by atoms with van der Waals surface area (Å²) in [5.41, 5.74) is 2.34. The lowest BCUT2D eigenvalue weighted by atomic mass is 10.1. The Morgan fingerprint density at radius 2 is 1.74 bits per heavy atom. The van der Waals surface area contributed by atoms with Gasteiger partial charge in [-0.1, -0.05) is 6.07 Å². The Balaban J connectivity index is 3.43. The Morgan fingerprint density at radius 3 is 2.11 bits per heavy atom. The van der Waals surface area contributed by atoms with Crippen molar-refractivity contribution in [3.63, 3.8) is 0 Å². The predicted octanol–water partition coefficient (Wildman–Crippen LogP) is 2.61. The summed E-state index contributed by atoms with van der Waals surface area (Å²) in [5.74, 6) is -0.0888. The van der Waals surface area contributed by atoms with Crippen LogP contribution in [0.25, 0.3) is 0 Å². The van der Waals surface area contributed by atoms with Gasteiger partial charge in [0.1, 0.15) is 6.04 Å². The summed E-state index contributed by atoms with van der Waals surface area (Å²) in [7, 11) is -3.56. The van der Waals surface area contributed by atoms with Gasteiger partial charge < -0.3 is 0 Å². The molecular formula is C13H18ClNO3S. The molecule has 0 radical (unpaired) electrons. The number of aryl methyl sites for hydroxylation is 2. The van der Waals surface area contributed by atoms with Crippen molar-refractivity contribution in [3.8, 4) is 0 Å². The van der Waals surface area contributed by atoms with Crippen molar-refractivity contribution in [2.45, 2.75) is 33.7 Å². The van der Waals surface area contributed by atoms with E-state index in [1.807, 2.05) is 19.9 Å². The second-order valence-electron chi connectivity index (χ2n) is 4.52. The number of nitrogens with zero attached hydrogens (tertiary/aromatic N) is 1. The summed E-state index contributed by atoms with van der Waals surface area (Å²) in [6.45, 7) is 6.78. The van der Waals surface area contributed by atoms with Crippen LogP contribution in [0.15, 0.2) is 18.2 Å². The van der Waals surface area contributed by atoms with Crippen LogP contribution in [0, 0.1) is 13.8 Å². The van der Waals surface area contributed by atoms with Gasteiger partial charge in [-0.05, 0) is 62.6 Å². The molecule has 1 aromatic carbocycles. The molecule has 19 heavy (non-hydrogen) atoms. The van der Waals surface area contributed by atoms with Gasteiger partial charge in [0.05, 0.1) is 11.4 Å². The Kier molecular flexibility index (Phi) is 4.98. The number of hydrogen-bond acceptors (Lipinski definition) is 3. The third-order valence-corrected chi connectivity index (χ3v) is 4.98. The largest absolute Gasteiger partial charge is 0.279 e. The first-order chi connectivity index (χ1) is 8.69. The van der Waals surface area contributed by atoms with Crippen LogP contribution in [-0.2, 0) is 14.8 Å². The van der Waals surface area contributed by atoms with E-state index in [0.29, 0.717) is 5.69 Å². The number of carbonyl (C=O) groups excluding carboxylic acids is 1. The molecule has 0 heterocycles. The Labute approximate surface area is 119 Å². The molecule has 6 heteroatoms. The maximum absolute atomic E-state index is 12.2. The molecule has 1 unspecified atom stereocenters. The highest BCUT2D eigenvalue weighted by Crippen LogP contribution is 2.25. The molecule has 0 amide bonds. The lowest BCUT2D eigenvalue weighted by Crippen LogP contribution is -2.42. The minimum atomic E-state index is -3.56. The molecule has 1 aromatic rings. The van der Waals surface area contributed by atoms with Gasteiger partial charge in [-0.15, -0.1) is 0 Å². The predicted molar refractivity (Wildman–Crippen MR) is 78.2 cm³/mol. The van der Waals surface area contributed by atoms with Gasteiger partial charge in [-0.3, -0.25) is 9.10 Å². The Bertz CT molecular complexity index is 563. The second-order valence-corrected chi connectivity index (χ2v) is 7.03. The fraction of sp³-hybridized carbons (Fsp3) is 0.462. The van der Waals surface area contributed by atoms with Crippen molar-refractivity contribution in [1.29, 1.82) is 0 Å². The van der Waals surface area contributed by atoms with Crippen LogP contribution in [0.1, 0.15) is 25.0 Å². The molecule has 0 fully saturated rings. The smallest absolute Gasteiger partial charge is 0.245 e. The molecule has 0 bridgehead atoms. The van der Waals surface area contributed by atoms with E-state index in [1.54, 1.807) is 12.1 Å². The summed E-state index contributed by atoms with van der Waals surface area (Å²) in [6, 6.07) is 4.48. The summed E-state index contributed by atoms with van der Waals surface area (Å²) in [6.07, 6.45) is 0. The molecule has 106 valence electrons. The van der Waals surface area contributed by atoms with Gasteiger partial charge in [-0.25, -0.2) is 8.42 Å². The average molecular weight is 304 g/mol. The molecule has 0 aromatic heterocycles. The zero-order chi connectivity index (χ0) is 14.8. The summed E-state index contributed by atoms with van der Waals surface area (Å²) >= 11 is 5.47. The number of carbonyl (C=O) groups is 1. The normalized spacial score (nSPS) is 13.1. The average Bonchev–Trinajstić information content (AvgIpc) is 2.27. The van der Waals surface area contributed by atoms with E-state index < -0.39 is 21.3 Å². The van der Waals surface area contributed by atoms with E-state index in [-0.39, 0.29) is 5.75 Å². The Morgan fingerprint density at radius 1 is 1.26 bits per heavy atom. The standard InChI is InChI=1S/C13H18ClNO3S/c1-5-19(17,18)15(11(4)13(14)16)12-7-9(2)6-10(3)8-12/h6-8,11H,5H2,1-4H3. The van der Waals surface area contributed by atoms with Crippen molar-refractivity contribution in [3.05, 3.63) is 29.3 Å². The van der Waals surface area contributed by atoms with E-state index in [2.05, 4.69) is 0 Å². The van der Waals surface area contributed by atoms with Crippen LogP contribution in [0.5, 0.6) is 0 Å². The van der Waals surface area contributed by atoms with Crippen molar-refractivity contribution in [2.24, 2.45) is 0 Å². The quantitative estimate of drug-likeness (QED) is 0.786. The number of hydrogen-bond donors (Lipinski definition) is 0. The summed E-state index contributed by atoms with van der Waals surface area (Å²) in [5, 5.41) is -0.698. The number of rotatable bonds is 5. The molecule has 4 nitrogen and oxygen atoms in total. The van der Waals surface area contributed by atoms with Crippen LogP contribution < -0.4 is 4.31 Å². The number of benzene rings is 1. The molecule has 0 aliphatic carbocycles. The fourth-order valence-corrected chi connectivity index (χ4v) is 3.37. The van der Waals surface area contributed by atoms with Crippen molar-refractivity contribution in [1.82, 2.24) is 0 Å². The zero-order valence-electron chi connectivity index (χ0n) is 11.5. The maximum Gasteiger partial charge on any atom is 0.245 e. The molecule has 0 aliphatic heterocycles. The van der Waals surface area contributed by atoms with Gasteiger partial charge in [0, 0.05) is 0 Å². The van der Waals surface area contributed by atoms with E-state index in [9.17, 15) is 13.2 Å². The number of anilines is 1. The van der Waals surface area contributed by atoms with Gasteiger partial charge in [0.2, 0.25) is 15.3 Å². The second kappa shape index (κ2) is 5.92. The lowest BCUT2D eigenvalue weighted by Gasteiger charge is -2.28. The first-order valence-electron chi connectivity index (χ1n) is 5.98. The number of sulfonamides is 1. The van der Waals surface area contributed by atoms with Crippen molar-refractivity contribution >= 4 is 32.6 Å². The monoisotopic (exact) mass is 303 g/mol. The zero-order valence-corrected chi connectivity index (χ0v) is 13.0. The highest BCUT2D eigenvalue weighted by Gasteiger charge is 2.30. The minimum Gasteiger partial charge on any atom is -0.279 e. The molecule has 1 atom stereocenters. The maximum atomic E-state index is 12.2. The van der Waals surface area contributed by atoms with Crippen LogP contribution in [0.3, 0.4) is 0 Å². The van der Waals surface area contributed by atoms with E-state index in [0.717, 1.165) is 15.4 Å². The minimum absolute atomic E-state index is 0.0888. The molecule has 0 N–H and O–H groups in total. The number of halogens is 1. The molecule has 0 aliphatic rings. The third kappa shape index (κ3) is 3.70. The van der Waals surface area contributed by atoms with E-state index in [4.69, 9.17) is 11.6 Å². The fourth-order valence-electron chi connectivity index (χ4n) is 1.93. The van der Waals surface area contributed by atoms with Crippen molar-refractivity contribution < 1.29 is 13.2 Å². The van der Waals surface area contributed by atoms with Crippen LogP contribution >= 0.6 is 11.6 Å². The van der Waals surface area contributed by atoms with Crippen molar-refractivity contribution in [2.75, 3.05) is 10.1 Å². The molecule has 0 saturated carbocycles. The van der Waals surface area contributed by atoms with E-state index in [1.165, 1.54) is 13.8 Å². The van der Waals surface area contributed by atoms with Crippen LogP contribution in [-0.4, -0.2) is 25.5 Å². The van der Waals surface area contributed by atoms with Crippen LogP contribution in [0.4, 0.5) is 5.69 Å².